The number of hydrogen-bond donors (Lipinski definition) is 1. The molecule has 0 amide bonds. The molecule has 0 aromatic carbocycles. The second-order valence-electron chi connectivity index (χ2n) is 3.39. The quantitative estimate of drug-likeness (QED) is 0.681. The van der Waals surface area contributed by atoms with Gasteiger partial charge in [-0.3, -0.25) is 0 Å². The number of hydrogen-bond acceptors (Lipinski definition) is 2. The summed E-state index contributed by atoms with van der Waals surface area (Å²) in [5.41, 5.74) is 0.822. The Bertz CT molecular complexity index is 291. The van der Waals surface area contributed by atoms with Crippen LogP contribution in [-0.2, 0) is 5.60 Å². The molecule has 12 heavy (non-hydrogen) atoms. The average Bonchev–Trinajstić information content (AvgIpc) is 1.92. The predicted octanol–water partition coefficient (Wildman–Crippen LogP) is 2.27. The van der Waals surface area contributed by atoms with E-state index in [0.717, 1.165) is 11.1 Å². The van der Waals surface area contributed by atoms with E-state index in [1.165, 1.54) is 0 Å². The predicted molar refractivity (Wildman–Crippen MR) is 49.2 cm³/mol. The van der Waals surface area contributed by atoms with E-state index >= 15 is 0 Å². The van der Waals surface area contributed by atoms with Gasteiger partial charge < -0.3 is 5.11 Å². The molecule has 2 nitrogen and oxygen atoms in total. The minimum absolute atomic E-state index is 0.489. The molecule has 1 heterocycles. The number of aromatic nitrogens is 1. The van der Waals surface area contributed by atoms with Crippen LogP contribution in [-0.4, -0.2) is 10.1 Å². The highest BCUT2D eigenvalue weighted by molar-refractivity contribution is 6.30. The van der Waals surface area contributed by atoms with E-state index < -0.39 is 5.60 Å². The first-order valence-electron chi connectivity index (χ1n) is 3.76. The SMILES string of the molecule is Cc1cc(C(C)(C)O)cnc1Cl. The van der Waals surface area contributed by atoms with Crippen molar-refractivity contribution in [2.75, 3.05) is 0 Å². The molecule has 1 rings (SSSR count). The summed E-state index contributed by atoms with van der Waals surface area (Å²) in [4.78, 5) is 3.95. The van der Waals surface area contributed by atoms with Crippen molar-refractivity contribution in [2.45, 2.75) is 26.4 Å². The Morgan fingerprint density at radius 3 is 2.50 bits per heavy atom. The van der Waals surface area contributed by atoms with Gasteiger partial charge in [0.1, 0.15) is 5.15 Å². The van der Waals surface area contributed by atoms with E-state index in [9.17, 15) is 5.11 Å². The lowest BCUT2D eigenvalue weighted by Gasteiger charge is -2.17. The summed E-state index contributed by atoms with van der Waals surface area (Å²) in [7, 11) is 0. The van der Waals surface area contributed by atoms with Crippen LogP contribution in [0.4, 0.5) is 0 Å². The molecule has 0 aliphatic heterocycles. The first kappa shape index (κ1) is 9.49. The van der Waals surface area contributed by atoms with Gasteiger partial charge in [-0.15, -0.1) is 0 Å². The Balaban J connectivity index is 3.14. The summed E-state index contributed by atoms with van der Waals surface area (Å²) in [6.45, 7) is 5.30. The fourth-order valence-electron chi connectivity index (χ4n) is 0.893. The van der Waals surface area contributed by atoms with Crippen molar-refractivity contribution in [3.05, 3.63) is 28.5 Å². The van der Waals surface area contributed by atoms with Crippen LogP contribution in [0.15, 0.2) is 12.3 Å². The molecule has 1 aromatic heterocycles. The van der Waals surface area contributed by atoms with Gasteiger partial charge in [-0.2, -0.15) is 0 Å². The van der Waals surface area contributed by atoms with Gasteiger partial charge in [0.15, 0.2) is 0 Å². The Kier molecular flexibility index (Phi) is 2.40. The van der Waals surface area contributed by atoms with Crippen molar-refractivity contribution in [1.82, 2.24) is 4.98 Å². The summed E-state index contributed by atoms with van der Waals surface area (Å²) in [5, 5.41) is 10.1. The maximum absolute atomic E-state index is 9.62. The molecule has 0 aliphatic rings. The van der Waals surface area contributed by atoms with Crippen molar-refractivity contribution < 1.29 is 5.11 Å². The van der Waals surface area contributed by atoms with Crippen LogP contribution in [0.1, 0.15) is 25.0 Å². The lowest BCUT2D eigenvalue weighted by molar-refractivity contribution is 0.0781. The molecule has 0 bridgehead atoms. The van der Waals surface area contributed by atoms with Gasteiger partial charge in [0.25, 0.3) is 0 Å². The number of rotatable bonds is 1. The molecule has 0 unspecified atom stereocenters. The van der Waals surface area contributed by atoms with E-state index in [4.69, 9.17) is 11.6 Å². The summed E-state index contributed by atoms with van der Waals surface area (Å²) in [6.07, 6.45) is 1.59. The topological polar surface area (TPSA) is 33.1 Å². The van der Waals surface area contributed by atoms with Gasteiger partial charge in [0.2, 0.25) is 0 Å². The number of halogens is 1. The number of aliphatic hydroxyl groups is 1. The second kappa shape index (κ2) is 3.04. The van der Waals surface area contributed by atoms with E-state index in [0.29, 0.717) is 5.15 Å². The number of nitrogens with zero attached hydrogens (tertiary/aromatic N) is 1. The highest BCUT2D eigenvalue weighted by Crippen LogP contribution is 2.22. The number of aryl methyl sites for hydroxylation is 1. The maximum Gasteiger partial charge on any atom is 0.131 e. The molecular formula is C9H12ClNO. The van der Waals surface area contributed by atoms with E-state index in [1.807, 2.05) is 13.0 Å². The monoisotopic (exact) mass is 185 g/mol. The molecule has 0 atom stereocenters. The summed E-state index contributed by atoms with van der Waals surface area (Å²) in [6, 6.07) is 1.84. The van der Waals surface area contributed by atoms with Crippen LogP contribution in [0.5, 0.6) is 0 Å². The molecule has 0 fully saturated rings. The van der Waals surface area contributed by atoms with Gasteiger partial charge >= 0.3 is 0 Å². The minimum atomic E-state index is -0.845. The highest BCUT2D eigenvalue weighted by atomic mass is 35.5. The molecule has 1 N–H and O–H groups in total. The third-order valence-corrected chi connectivity index (χ3v) is 2.12. The molecule has 0 radical (unpaired) electrons. The van der Waals surface area contributed by atoms with Crippen molar-refractivity contribution in [3.8, 4) is 0 Å². The van der Waals surface area contributed by atoms with Crippen molar-refractivity contribution in [1.29, 1.82) is 0 Å². The third-order valence-electron chi connectivity index (χ3n) is 1.72. The van der Waals surface area contributed by atoms with Gasteiger partial charge in [-0.05, 0) is 32.4 Å². The van der Waals surface area contributed by atoms with Crippen LogP contribution in [0.25, 0.3) is 0 Å². The maximum atomic E-state index is 9.62. The molecule has 0 aliphatic carbocycles. The molecular weight excluding hydrogens is 174 g/mol. The fraction of sp³-hybridized carbons (Fsp3) is 0.444. The molecule has 0 saturated heterocycles. The van der Waals surface area contributed by atoms with Gasteiger partial charge in [-0.25, -0.2) is 4.98 Å². The van der Waals surface area contributed by atoms with Crippen LogP contribution in [0.2, 0.25) is 5.15 Å². The molecule has 0 spiro atoms. The lowest BCUT2D eigenvalue weighted by atomic mass is 9.99. The van der Waals surface area contributed by atoms with Gasteiger partial charge in [0, 0.05) is 11.8 Å². The summed E-state index contributed by atoms with van der Waals surface area (Å²) >= 11 is 5.74. The van der Waals surface area contributed by atoms with Crippen molar-refractivity contribution in [3.63, 3.8) is 0 Å². The van der Waals surface area contributed by atoms with Crippen molar-refractivity contribution in [2.24, 2.45) is 0 Å². The molecule has 0 saturated carbocycles. The normalized spacial score (nSPS) is 11.8. The van der Waals surface area contributed by atoms with Gasteiger partial charge in [-0.1, -0.05) is 11.6 Å². The van der Waals surface area contributed by atoms with Crippen LogP contribution >= 0.6 is 11.6 Å². The zero-order chi connectivity index (χ0) is 9.35. The Morgan fingerprint density at radius 1 is 1.50 bits per heavy atom. The zero-order valence-electron chi connectivity index (χ0n) is 7.43. The molecule has 1 aromatic rings. The fourth-order valence-corrected chi connectivity index (χ4v) is 0.996. The smallest absolute Gasteiger partial charge is 0.131 e. The van der Waals surface area contributed by atoms with E-state index in [1.54, 1.807) is 20.0 Å². The van der Waals surface area contributed by atoms with Crippen LogP contribution in [0, 0.1) is 6.92 Å². The summed E-state index contributed by atoms with van der Waals surface area (Å²) < 4.78 is 0. The van der Waals surface area contributed by atoms with Gasteiger partial charge in [0.05, 0.1) is 5.60 Å². The molecule has 66 valence electrons. The first-order chi connectivity index (χ1) is 5.41. The minimum Gasteiger partial charge on any atom is -0.386 e. The average molecular weight is 186 g/mol. The largest absolute Gasteiger partial charge is 0.386 e. The first-order valence-corrected chi connectivity index (χ1v) is 4.14. The molecule has 3 heteroatoms. The Labute approximate surface area is 77.2 Å². The Hall–Kier alpha value is -0.600. The Morgan fingerprint density at radius 2 is 2.08 bits per heavy atom. The third kappa shape index (κ3) is 1.96. The van der Waals surface area contributed by atoms with Crippen LogP contribution < -0.4 is 0 Å². The van der Waals surface area contributed by atoms with Crippen LogP contribution in [0.3, 0.4) is 0 Å². The van der Waals surface area contributed by atoms with E-state index in [-0.39, 0.29) is 0 Å². The van der Waals surface area contributed by atoms with E-state index in [2.05, 4.69) is 4.98 Å². The zero-order valence-corrected chi connectivity index (χ0v) is 8.18. The van der Waals surface area contributed by atoms with Crippen molar-refractivity contribution >= 4 is 11.6 Å². The standard InChI is InChI=1S/C9H12ClNO/c1-6-4-7(9(2,3)12)5-11-8(6)10/h4-5,12H,1-3H3. The number of pyridine rings is 1. The lowest BCUT2D eigenvalue weighted by Crippen LogP contribution is -2.15. The second-order valence-corrected chi connectivity index (χ2v) is 3.75. The highest BCUT2D eigenvalue weighted by Gasteiger charge is 2.16. The summed E-state index contributed by atoms with van der Waals surface area (Å²) in [5.74, 6) is 0.